The van der Waals surface area contributed by atoms with E-state index in [0.717, 1.165) is 18.2 Å². The summed E-state index contributed by atoms with van der Waals surface area (Å²) >= 11 is 6.37. The van der Waals surface area contributed by atoms with Gasteiger partial charge >= 0.3 is 5.97 Å². The topological polar surface area (TPSA) is 85.3 Å². The van der Waals surface area contributed by atoms with Crippen molar-refractivity contribution in [2.45, 2.75) is 32.2 Å². The van der Waals surface area contributed by atoms with Crippen molar-refractivity contribution in [3.05, 3.63) is 22.6 Å². The second kappa shape index (κ2) is 9.79. The number of nitrogens with zero attached hydrogens (tertiary/aromatic N) is 1. The third-order valence-corrected chi connectivity index (χ3v) is 5.57. The van der Waals surface area contributed by atoms with Gasteiger partial charge in [0.05, 0.1) is 26.2 Å². The van der Waals surface area contributed by atoms with Gasteiger partial charge in [0.1, 0.15) is 10.4 Å². The van der Waals surface area contributed by atoms with Crippen LogP contribution in [0.2, 0.25) is 0 Å². The summed E-state index contributed by atoms with van der Waals surface area (Å²) in [6, 6.07) is 2.46. The molecule has 0 spiro atoms. The first-order valence-electron chi connectivity index (χ1n) is 8.67. The van der Waals surface area contributed by atoms with Crippen molar-refractivity contribution in [2.75, 3.05) is 21.3 Å². The number of carboxylic acid groups (broad SMARTS) is 1. The number of thioether (sulfide) groups is 1. The molecule has 1 atom stereocenters. The highest BCUT2D eigenvalue weighted by Crippen LogP contribution is 2.40. The first-order valence-corrected chi connectivity index (χ1v) is 9.90. The van der Waals surface area contributed by atoms with Crippen LogP contribution < -0.4 is 14.2 Å². The lowest BCUT2D eigenvalue weighted by Gasteiger charge is -2.22. The zero-order valence-corrected chi connectivity index (χ0v) is 17.8. The Labute approximate surface area is 173 Å². The molecule has 0 aromatic heterocycles. The van der Waals surface area contributed by atoms with Crippen molar-refractivity contribution in [2.24, 2.45) is 0 Å². The molecule has 0 saturated carbocycles. The number of aliphatic carboxylic acids is 1. The molecule has 1 heterocycles. The quantitative estimate of drug-likeness (QED) is 0.475. The van der Waals surface area contributed by atoms with Gasteiger partial charge in [-0.2, -0.15) is 0 Å². The van der Waals surface area contributed by atoms with Crippen molar-refractivity contribution in [3.8, 4) is 17.2 Å². The second-order valence-corrected chi connectivity index (χ2v) is 7.68. The van der Waals surface area contributed by atoms with Gasteiger partial charge in [0.15, 0.2) is 11.5 Å². The van der Waals surface area contributed by atoms with Crippen LogP contribution >= 0.6 is 24.0 Å². The fourth-order valence-corrected chi connectivity index (χ4v) is 4.20. The number of ether oxygens (including phenoxy) is 3. The number of carbonyl (C=O) groups is 2. The lowest BCUT2D eigenvalue weighted by atomic mass is 10.1. The lowest BCUT2D eigenvalue weighted by molar-refractivity contribution is -0.145. The monoisotopic (exact) mass is 425 g/mol. The van der Waals surface area contributed by atoms with Gasteiger partial charge in [-0.3, -0.25) is 9.69 Å². The second-order valence-electron chi connectivity index (χ2n) is 6.01. The minimum atomic E-state index is -1.06. The largest absolute Gasteiger partial charge is 0.493 e. The van der Waals surface area contributed by atoms with Crippen LogP contribution in [0.4, 0.5) is 0 Å². The molecule has 9 heteroatoms. The van der Waals surface area contributed by atoms with Crippen molar-refractivity contribution in [1.82, 2.24) is 4.90 Å². The lowest BCUT2D eigenvalue weighted by Crippen LogP contribution is -2.43. The van der Waals surface area contributed by atoms with E-state index in [4.69, 9.17) is 26.4 Å². The highest BCUT2D eigenvalue weighted by molar-refractivity contribution is 8.26. The van der Waals surface area contributed by atoms with E-state index in [0.29, 0.717) is 40.6 Å². The summed E-state index contributed by atoms with van der Waals surface area (Å²) in [5.41, 5.74) is 0.649. The first kappa shape index (κ1) is 22.0. The number of amides is 1. The number of rotatable bonds is 9. The molecule has 1 aliphatic rings. The average molecular weight is 426 g/mol. The smallest absolute Gasteiger partial charge is 0.326 e. The van der Waals surface area contributed by atoms with Gasteiger partial charge in [-0.05, 0) is 30.2 Å². The average Bonchev–Trinajstić information content (AvgIpc) is 2.94. The zero-order chi connectivity index (χ0) is 20.8. The maximum Gasteiger partial charge on any atom is 0.326 e. The summed E-state index contributed by atoms with van der Waals surface area (Å²) in [4.78, 5) is 26.1. The molecule has 1 fully saturated rings. The van der Waals surface area contributed by atoms with Crippen molar-refractivity contribution < 1.29 is 28.9 Å². The molecule has 1 amide bonds. The molecule has 0 aliphatic carbocycles. The molecule has 1 saturated heterocycles. The van der Waals surface area contributed by atoms with Crippen molar-refractivity contribution in [1.29, 1.82) is 0 Å². The molecule has 1 aromatic rings. The Morgan fingerprint density at radius 2 is 1.86 bits per heavy atom. The Balaban J connectivity index is 2.39. The molecular weight excluding hydrogens is 402 g/mol. The van der Waals surface area contributed by atoms with E-state index in [2.05, 4.69) is 0 Å². The Morgan fingerprint density at radius 1 is 1.25 bits per heavy atom. The van der Waals surface area contributed by atoms with E-state index in [1.165, 1.54) is 26.2 Å². The molecule has 28 heavy (non-hydrogen) atoms. The van der Waals surface area contributed by atoms with E-state index >= 15 is 0 Å². The molecule has 0 bridgehead atoms. The summed E-state index contributed by atoms with van der Waals surface area (Å²) in [5, 5.41) is 9.54. The summed E-state index contributed by atoms with van der Waals surface area (Å²) in [6.07, 6.45) is 3.53. The fourth-order valence-electron chi connectivity index (χ4n) is 2.85. The summed E-state index contributed by atoms with van der Waals surface area (Å²) in [7, 11) is 4.52. The number of unbranched alkanes of at least 4 members (excludes halogenated alkanes) is 1. The van der Waals surface area contributed by atoms with E-state index in [9.17, 15) is 14.7 Å². The number of hydrogen-bond acceptors (Lipinski definition) is 7. The highest BCUT2D eigenvalue weighted by Gasteiger charge is 2.40. The van der Waals surface area contributed by atoms with Crippen LogP contribution in [0, 0.1) is 0 Å². The summed E-state index contributed by atoms with van der Waals surface area (Å²) in [6.45, 7) is 1.97. The minimum absolute atomic E-state index is 0.243. The summed E-state index contributed by atoms with van der Waals surface area (Å²) in [5.74, 6) is -0.115. The van der Waals surface area contributed by atoms with Crippen LogP contribution in [-0.4, -0.2) is 53.6 Å². The molecule has 7 nitrogen and oxygen atoms in total. The molecule has 2 rings (SSSR count). The molecule has 1 aliphatic heterocycles. The number of benzene rings is 1. The van der Waals surface area contributed by atoms with Gasteiger partial charge in [0.2, 0.25) is 5.75 Å². The molecule has 1 N–H and O–H groups in total. The molecule has 0 unspecified atom stereocenters. The molecule has 0 radical (unpaired) electrons. The Morgan fingerprint density at radius 3 is 2.32 bits per heavy atom. The summed E-state index contributed by atoms with van der Waals surface area (Å²) < 4.78 is 16.2. The highest BCUT2D eigenvalue weighted by atomic mass is 32.2. The Bertz CT molecular complexity index is 783. The Hall–Kier alpha value is -2.26. The Kier molecular flexibility index (Phi) is 7.70. The van der Waals surface area contributed by atoms with E-state index in [-0.39, 0.29) is 4.32 Å². The minimum Gasteiger partial charge on any atom is -0.493 e. The number of hydrogen-bond donors (Lipinski definition) is 1. The van der Waals surface area contributed by atoms with Crippen LogP contribution in [-0.2, 0) is 9.59 Å². The van der Waals surface area contributed by atoms with Crippen LogP contribution in [0.25, 0.3) is 6.08 Å². The number of carbonyl (C=O) groups excluding carboxylic acids is 1. The third-order valence-electron chi connectivity index (χ3n) is 4.24. The normalized spacial score (nSPS) is 16.4. The van der Waals surface area contributed by atoms with E-state index in [1.807, 2.05) is 6.92 Å². The standard InChI is InChI=1S/C19H23NO6S2/c1-5-6-7-12(18(22)23)20-17(21)15(28-19(20)27)10-11-8-13(24-2)16(26-4)14(9-11)25-3/h8-10,12H,5-7H2,1-4H3,(H,22,23)/b15-10+/t12-/m0/s1. The van der Waals surface area contributed by atoms with E-state index < -0.39 is 17.9 Å². The van der Waals surface area contributed by atoms with Crippen molar-refractivity contribution in [3.63, 3.8) is 0 Å². The maximum atomic E-state index is 12.9. The predicted octanol–water partition coefficient (Wildman–Crippen LogP) is 3.56. The molecular formula is C19H23NO6S2. The van der Waals surface area contributed by atoms with Gasteiger partial charge in [0.25, 0.3) is 5.91 Å². The third kappa shape index (κ3) is 4.59. The maximum absolute atomic E-state index is 12.9. The zero-order valence-electron chi connectivity index (χ0n) is 16.2. The van der Waals surface area contributed by atoms with E-state index in [1.54, 1.807) is 18.2 Å². The molecule has 1 aromatic carbocycles. The van der Waals surface area contributed by atoms with Crippen LogP contribution in [0.5, 0.6) is 17.2 Å². The number of carboxylic acids is 1. The van der Waals surface area contributed by atoms with Crippen LogP contribution in [0.15, 0.2) is 17.0 Å². The van der Waals surface area contributed by atoms with Gasteiger partial charge in [-0.1, -0.05) is 43.7 Å². The van der Waals surface area contributed by atoms with Gasteiger partial charge < -0.3 is 19.3 Å². The SMILES string of the molecule is CCCC[C@@H](C(=O)O)N1C(=O)/C(=C\c2cc(OC)c(OC)c(OC)c2)SC1=S. The molecule has 152 valence electrons. The van der Waals surface area contributed by atoms with Crippen LogP contribution in [0.1, 0.15) is 31.7 Å². The van der Waals surface area contributed by atoms with Crippen molar-refractivity contribution >= 4 is 46.3 Å². The van der Waals surface area contributed by atoms with Gasteiger partial charge in [-0.15, -0.1) is 0 Å². The first-order chi connectivity index (χ1) is 13.4. The predicted molar refractivity (Wildman–Crippen MR) is 112 cm³/mol. The fraction of sp³-hybridized carbons (Fsp3) is 0.421. The number of thiocarbonyl (C=S) groups is 1. The van der Waals surface area contributed by atoms with Crippen LogP contribution in [0.3, 0.4) is 0 Å². The number of methoxy groups -OCH3 is 3. The van der Waals surface area contributed by atoms with Gasteiger partial charge in [-0.25, -0.2) is 4.79 Å². The van der Waals surface area contributed by atoms with Gasteiger partial charge in [0, 0.05) is 0 Å².